The predicted molar refractivity (Wildman–Crippen MR) is 95.1 cm³/mol. The van der Waals surface area contributed by atoms with E-state index >= 15 is 0 Å². The van der Waals surface area contributed by atoms with Gasteiger partial charge < -0.3 is 15.3 Å². The van der Waals surface area contributed by atoms with Crippen LogP contribution in [0, 0.1) is 13.8 Å². The minimum atomic E-state index is -3.09. The van der Waals surface area contributed by atoms with Crippen LogP contribution in [0.25, 0.3) is 0 Å². The average Bonchev–Trinajstić information content (AvgIpc) is 3.03. The van der Waals surface area contributed by atoms with Gasteiger partial charge in [0.2, 0.25) is 0 Å². The Labute approximate surface area is 149 Å². The molecule has 1 aromatic heterocycles. The van der Waals surface area contributed by atoms with Crippen molar-refractivity contribution in [3.05, 3.63) is 17.0 Å². The van der Waals surface area contributed by atoms with E-state index in [4.69, 9.17) is 0 Å². The summed E-state index contributed by atoms with van der Waals surface area (Å²) in [6.45, 7) is 7.07. The number of sulfone groups is 1. The first kappa shape index (κ1) is 19.7. The van der Waals surface area contributed by atoms with Gasteiger partial charge in [-0.25, -0.2) is 13.2 Å². The molecule has 2 amide bonds. The topological polar surface area (TPSA) is 105 Å². The largest absolute Gasteiger partial charge is 0.395 e. The van der Waals surface area contributed by atoms with E-state index in [9.17, 15) is 18.3 Å². The molecule has 2 rings (SSSR count). The van der Waals surface area contributed by atoms with E-state index in [1.54, 1.807) is 0 Å². The van der Waals surface area contributed by atoms with Crippen molar-refractivity contribution in [2.24, 2.45) is 0 Å². The summed E-state index contributed by atoms with van der Waals surface area (Å²) >= 11 is 0. The second kappa shape index (κ2) is 8.18. The second-order valence-electron chi connectivity index (χ2n) is 6.51. The summed E-state index contributed by atoms with van der Waals surface area (Å²) < 4.78 is 25.3. The Morgan fingerprint density at radius 3 is 2.72 bits per heavy atom. The maximum absolute atomic E-state index is 12.5. The summed E-state index contributed by atoms with van der Waals surface area (Å²) in [7, 11) is -3.09. The third-order valence-electron chi connectivity index (χ3n) is 4.63. The molecule has 0 spiro atoms. The smallest absolute Gasteiger partial charge is 0.318 e. The molecule has 2 N–H and O–H groups in total. The highest BCUT2D eigenvalue weighted by Gasteiger charge is 2.34. The molecule has 0 unspecified atom stereocenters. The number of aryl methyl sites for hydroxylation is 2. The maximum Gasteiger partial charge on any atom is 0.318 e. The van der Waals surface area contributed by atoms with Crippen LogP contribution in [-0.2, 0) is 22.9 Å². The lowest BCUT2D eigenvalue weighted by molar-refractivity contribution is 0.157. The third-order valence-corrected chi connectivity index (χ3v) is 6.38. The van der Waals surface area contributed by atoms with Gasteiger partial charge in [0, 0.05) is 36.9 Å². The van der Waals surface area contributed by atoms with E-state index in [-0.39, 0.29) is 36.7 Å². The Bertz CT molecular complexity index is 714. The molecule has 25 heavy (non-hydrogen) atoms. The Morgan fingerprint density at radius 1 is 1.44 bits per heavy atom. The molecule has 0 aliphatic carbocycles. The quantitative estimate of drug-likeness (QED) is 0.729. The van der Waals surface area contributed by atoms with Gasteiger partial charge in [-0.1, -0.05) is 6.92 Å². The van der Waals surface area contributed by atoms with Gasteiger partial charge in [-0.2, -0.15) is 5.10 Å². The summed E-state index contributed by atoms with van der Waals surface area (Å²) in [5, 5.41) is 16.6. The zero-order valence-electron chi connectivity index (χ0n) is 15.2. The fraction of sp³-hybridized carbons (Fsp3) is 0.750. The van der Waals surface area contributed by atoms with Gasteiger partial charge in [0.1, 0.15) is 0 Å². The number of urea groups is 1. The van der Waals surface area contributed by atoms with Crippen LogP contribution in [0.3, 0.4) is 0 Å². The molecular formula is C16H28N4O4S. The number of amides is 2. The Morgan fingerprint density at radius 2 is 2.16 bits per heavy atom. The molecule has 0 saturated carbocycles. The van der Waals surface area contributed by atoms with Gasteiger partial charge >= 0.3 is 6.03 Å². The van der Waals surface area contributed by atoms with Crippen molar-refractivity contribution in [3.8, 4) is 0 Å². The van der Waals surface area contributed by atoms with E-state index in [2.05, 4.69) is 17.3 Å². The van der Waals surface area contributed by atoms with Gasteiger partial charge in [-0.05, 0) is 26.7 Å². The van der Waals surface area contributed by atoms with Crippen molar-refractivity contribution in [1.82, 2.24) is 20.0 Å². The van der Waals surface area contributed by atoms with Crippen LogP contribution in [-0.4, -0.2) is 64.9 Å². The minimum absolute atomic E-state index is 0.0348. The van der Waals surface area contributed by atoms with Gasteiger partial charge in [-0.3, -0.25) is 4.68 Å². The van der Waals surface area contributed by atoms with Crippen LogP contribution >= 0.6 is 0 Å². The summed E-state index contributed by atoms with van der Waals surface area (Å²) in [4.78, 5) is 14.0. The monoisotopic (exact) mass is 372 g/mol. The zero-order valence-corrected chi connectivity index (χ0v) is 16.0. The number of aliphatic hydroxyl groups is 1. The Hall–Kier alpha value is -1.61. The fourth-order valence-electron chi connectivity index (χ4n) is 3.26. The molecule has 1 aromatic rings. The van der Waals surface area contributed by atoms with Crippen molar-refractivity contribution < 1.29 is 18.3 Å². The number of aromatic nitrogens is 2. The van der Waals surface area contributed by atoms with Crippen molar-refractivity contribution in [3.63, 3.8) is 0 Å². The van der Waals surface area contributed by atoms with Crippen molar-refractivity contribution in [2.75, 3.05) is 24.7 Å². The summed E-state index contributed by atoms with van der Waals surface area (Å²) in [6.07, 6.45) is 1.40. The summed E-state index contributed by atoms with van der Waals surface area (Å²) in [5.74, 6) is 0.0573. The van der Waals surface area contributed by atoms with Crippen LogP contribution < -0.4 is 5.32 Å². The van der Waals surface area contributed by atoms with Crippen molar-refractivity contribution in [1.29, 1.82) is 0 Å². The number of nitrogens with zero attached hydrogens (tertiary/aromatic N) is 3. The lowest BCUT2D eigenvalue weighted by Crippen LogP contribution is -2.47. The number of hydrogen-bond acceptors (Lipinski definition) is 5. The van der Waals surface area contributed by atoms with Crippen molar-refractivity contribution in [2.45, 2.75) is 52.7 Å². The Balaban J connectivity index is 2.04. The van der Waals surface area contributed by atoms with Crippen LogP contribution in [0.15, 0.2) is 0 Å². The van der Waals surface area contributed by atoms with E-state index in [0.29, 0.717) is 13.0 Å². The van der Waals surface area contributed by atoms with E-state index < -0.39 is 9.84 Å². The average molecular weight is 372 g/mol. The molecule has 1 saturated heterocycles. The predicted octanol–water partition coefficient (Wildman–Crippen LogP) is 0.601. The highest BCUT2D eigenvalue weighted by Crippen LogP contribution is 2.18. The van der Waals surface area contributed by atoms with E-state index in [0.717, 1.165) is 29.9 Å². The van der Waals surface area contributed by atoms with Crippen LogP contribution in [0.5, 0.6) is 0 Å². The normalized spacial score (nSPS) is 19.1. The van der Waals surface area contributed by atoms with Crippen LogP contribution in [0.1, 0.15) is 36.7 Å². The molecule has 0 aromatic carbocycles. The fourth-order valence-corrected chi connectivity index (χ4v) is 4.99. The van der Waals surface area contributed by atoms with E-state index in [1.165, 1.54) is 4.90 Å². The highest BCUT2D eigenvalue weighted by atomic mass is 32.2. The summed E-state index contributed by atoms with van der Waals surface area (Å²) in [5.41, 5.74) is 2.88. The molecule has 0 bridgehead atoms. The third kappa shape index (κ3) is 4.72. The van der Waals surface area contributed by atoms with Gasteiger partial charge in [0.15, 0.2) is 9.84 Å². The van der Waals surface area contributed by atoms with Crippen LogP contribution in [0.4, 0.5) is 4.79 Å². The molecule has 8 nitrogen and oxygen atoms in total. The van der Waals surface area contributed by atoms with Crippen LogP contribution in [0.2, 0.25) is 0 Å². The number of hydrogen-bond donors (Lipinski definition) is 2. The zero-order chi connectivity index (χ0) is 18.6. The molecule has 2 heterocycles. The molecule has 1 aliphatic heterocycles. The Kier molecular flexibility index (Phi) is 6.45. The first-order valence-corrected chi connectivity index (χ1v) is 10.5. The summed E-state index contributed by atoms with van der Waals surface area (Å²) in [6, 6.07) is -0.722. The molecule has 1 atom stereocenters. The molecule has 1 fully saturated rings. The molecular weight excluding hydrogens is 344 g/mol. The lowest BCUT2D eigenvalue weighted by Gasteiger charge is -2.27. The lowest BCUT2D eigenvalue weighted by atomic mass is 10.2. The first-order chi connectivity index (χ1) is 11.8. The number of carbonyl (C=O) groups excluding carboxylic acids is 1. The maximum atomic E-state index is 12.5. The number of aliphatic hydroxyl groups excluding tert-OH is 1. The standard InChI is InChI=1S/C16H28N4O4S/c1-4-6-20-13(3)15(12(2)18-20)10-17-16(22)19(7-8-21)14-5-9-25(23,24)11-14/h14,21H,4-11H2,1-3H3,(H,17,22)/t14-/m1/s1. The SMILES string of the molecule is CCCn1nc(C)c(CNC(=O)N(CCO)[C@@H]2CCS(=O)(=O)C2)c1C. The minimum Gasteiger partial charge on any atom is -0.395 e. The van der Waals surface area contributed by atoms with Gasteiger partial charge in [0.05, 0.1) is 23.8 Å². The van der Waals surface area contributed by atoms with Gasteiger partial charge in [-0.15, -0.1) is 0 Å². The van der Waals surface area contributed by atoms with Crippen molar-refractivity contribution >= 4 is 15.9 Å². The van der Waals surface area contributed by atoms with E-state index in [1.807, 2.05) is 18.5 Å². The molecule has 9 heteroatoms. The highest BCUT2D eigenvalue weighted by molar-refractivity contribution is 7.91. The van der Waals surface area contributed by atoms with Gasteiger partial charge in [0.25, 0.3) is 0 Å². The number of carbonyl (C=O) groups is 1. The number of rotatable bonds is 7. The number of nitrogens with one attached hydrogen (secondary N) is 1. The second-order valence-corrected chi connectivity index (χ2v) is 8.73. The molecule has 1 aliphatic rings. The molecule has 142 valence electrons. The first-order valence-electron chi connectivity index (χ1n) is 8.67. The molecule has 0 radical (unpaired) electrons.